The van der Waals surface area contributed by atoms with Crippen LogP contribution in [0.25, 0.3) is 0 Å². The van der Waals surface area contributed by atoms with E-state index in [1.807, 2.05) is 0 Å². The molecule has 4 nitrogen and oxygen atoms in total. The zero-order chi connectivity index (χ0) is 16.1. The summed E-state index contributed by atoms with van der Waals surface area (Å²) >= 11 is 1.13. The third kappa shape index (κ3) is 18.1. The maximum atomic E-state index is 9.00. The van der Waals surface area contributed by atoms with Crippen LogP contribution in [-0.4, -0.2) is 22.2 Å². The molecule has 0 aliphatic heterocycles. The molecule has 136 valence electrons. The minimum atomic E-state index is -0.833. The summed E-state index contributed by atoms with van der Waals surface area (Å²) in [6.45, 7) is 2.17. The van der Waals surface area contributed by atoms with Crippen LogP contribution in [-0.2, 0) is 27.6 Å². The van der Waals surface area contributed by atoms with Gasteiger partial charge in [0.1, 0.15) is 0 Å². The van der Waals surface area contributed by atoms with Gasteiger partial charge >= 0.3 is 91.0 Å². The molecule has 0 amide bonds. The van der Waals surface area contributed by atoms with Gasteiger partial charge in [0, 0.05) is 13.8 Å². The minimum absolute atomic E-state index is 0. The van der Waals surface area contributed by atoms with Crippen LogP contribution in [0.3, 0.4) is 0 Å². The molecule has 0 aromatic rings. The number of aliphatic carboxylic acids is 2. The number of carboxylic acid groups (broad SMARTS) is 2. The SMILES string of the molecule is C1CC[CH]([Pd][CH]2CCCCC2)CC1.CC(=O)O.CC(=O)O.P. The van der Waals surface area contributed by atoms with Gasteiger partial charge in [-0.2, -0.15) is 9.90 Å². The van der Waals surface area contributed by atoms with Crippen LogP contribution in [0.2, 0.25) is 8.78 Å². The van der Waals surface area contributed by atoms with Crippen LogP contribution in [0.5, 0.6) is 0 Å². The monoisotopic (exact) mass is 426 g/mol. The summed E-state index contributed by atoms with van der Waals surface area (Å²) in [7, 11) is 0. The summed E-state index contributed by atoms with van der Waals surface area (Å²) in [5, 5.41) is 14.8. The quantitative estimate of drug-likeness (QED) is 0.490. The van der Waals surface area contributed by atoms with E-state index in [1.54, 1.807) is 25.7 Å². The molecule has 0 saturated heterocycles. The Hall–Kier alpha value is 0.0323. The van der Waals surface area contributed by atoms with Crippen molar-refractivity contribution in [3.8, 4) is 0 Å². The molecule has 0 heterocycles. The third-order valence-corrected chi connectivity index (χ3v) is 6.56. The Bertz CT molecular complexity index is 252. The number of rotatable bonds is 2. The summed E-state index contributed by atoms with van der Waals surface area (Å²) in [6, 6.07) is 0. The Morgan fingerprint density at radius 3 is 1.18 bits per heavy atom. The van der Waals surface area contributed by atoms with E-state index >= 15 is 0 Å². The first-order chi connectivity index (χ1) is 9.91. The van der Waals surface area contributed by atoms with E-state index in [-0.39, 0.29) is 9.90 Å². The first-order valence-corrected chi connectivity index (χ1v) is 9.65. The van der Waals surface area contributed by atoms with E-state index in [9.17, 15) is 0 Å². The summed E-state index contributed by atoms with van der Waals surface area (Å²) in [6.07, 6.45) is 15.5. The molecule has 0 aromatic heterocycles. The van der Waals surface area contributed by atoms with Crippen LogP contribution in [0.1, 0.15) is 78.1 Å². The molecule has 1 unspecified atom stereocenters. The molecule has 1 atom stereocenters. The van der Waals surface area contributed by atoms with Crippen molar-refractivity contribution in [2.75, 3.05) is 0 Å². The number of carboxylic acids is 2. The van der Waals surface area contributed by atoms with Gasteiger partial charge in [0.25, 0.3) is 11.9 Å². The van der Waals surface area contributed by atoms with Gasteiger partial charge in [-0.15, -0.1) is 0 Å². The van der Waals surface area contributed by atoms with E-state index in [2.05, 4.69) is 0 Å². The molecule has 2 N–H and O–H groups in total. The number of carbonyl (C=O) groups is 2. The maximum Gasteiger partial charge on any atom is 0.300 e. The molecule has 0 radical (unpaired) electrons. The van der Waals surface area contributed by atoms with Crippen LogP contribution in [0.4, 0.5) is 0 Å². The molecular formula is C16H33O4PPd. The minimum Gasteiger partial charge on any atom is -0.481 e. The van der Waals surface area contributed by atoms with Crippen molar-refractivity contribution in [1.82, 2.24) is 0 Å². The second-order valence-electron chi connectivity index (χ2n) is 5.51. The summed E-state index contributed by atoms with van der Waals surface area (Å²) in [5.74, 6) is -1.67. The molecule has 6 heteroatoms. The van der Waals surface area contributed by atoms with Gasteiger partial charge in [-0.05, 0) is 0 Å². The standard InChI is InChI=1S/2C6H11.2C2H4O2.H3P.Pd/c2*1-2-4-6-5-3-1;2*1-2(3)4;;/h2*1H,2-6H2;2*1H3,(H,3,4);1H3;. The number of hydrogen-bond acceptors (Lipinski definition) is 2. The van der Waals surface area contributed by atoms with E-state index in [1.165, 1.54) is 47.3 Å². The summed E-state index contributed by atoms with van der Waals surface area (Å²) in [4.78, 5) is 18.0. The summed E-state index contributed by atoms with van der Waals surface area (Å²) in [5.41, 5.74) is 0. The molecule has 2 aliphatic carbocycles. The topological polar surface area (TPSA) is 74.6 Å². The Morgan fingerprint density at radius 1 is 0.727 bits per heavy atom. The predicted molar refractivity (Wildman–Crippen MR) is 91.4 cm³/mol. The first kappa shape index (κ1) is 24.3. The molecule has 2 rings (SSSR count). The molecule has 0 spiro atoms. The molecule has 0 bridgehead atoms. The average molecular weight is 427 g/mol. The Kier molecular flexibility index (Phi) is 17.6. The van der Waals surface area contributed by atoms with Crippen molar-refractivity contribution in [2.45, 2.75) is 86.8 Å². The van der Waals surface area contributed by atoms with Gasteiger partial charge in [0.15, 0.2) is 0 Å². The second kappa shape index (κ2) is 15.9. The zero-order valence-corrected chi connectivity index (χ0v) is 16.9. The molecule has 0 aromatic carbocycles. The molecule has 22 heavy (non-hydrogen) atoms. The van der Waals surface area contributed by atoms with Gasteiger partial charge in [-0.1, -0.05) is 0 Å². The Morgan fingerprint density at radius 2 is 0.955 bits per heavy atom. The van der Waals surface area contributed by atoms with Crippen LogP contribution in [0.15, 0.2) is 0 Å². The van der Waals surface area contributed by atoms with E-state index in [0.717, 1.165) is 31.8 Å². The normalized spacial score (nSPS) is 18.8. The fourth-order valence-electron chi connectivity index (χ4n) is 2.48. The molecular weight excluding hydrogens is 394 g/mol. The van der Waals surface area contributed by atoms with E-state index < -0.39 is 11.9 Å². The van der Waals surface area contributed by atoms with Crippen molar-refractivity contribution in [3.63, 3.8) is 0 Å². The van der Waals surface area contributed by atoms with Crippen molar-refractivity contribution in [2.24, 2.45) is 0 Å². The smallest absolute Gasteiger partial charge is 0.300 e. The summed E-state index contributed by atoms with van der Waals surface area (Å²) < 4.78 is 2.34. The van der Waals surface area contributed by atoms with Gasteiger partial charge in [-0.3, -0.25) is 9.59 Å². The average Bonchev–Trinajstić information content (AvgIpc) is 2.40. The van der Waals surface area contributed by atoms with Gasteiger partial charge in [0.2, 0.25) is 0 Å². The Labute approximate surface area is 146 Å². The van der Waals surface area contributed by atoms with Crippen LogP contribution < -0.4 is 0 Å². The predicted octanol–water partition coefficient (Wildman–Crippen LogP) is 4.81. The van der Waals surface area contributed by atoms with Crippen molar-refractivity contribution >= 4 is 21.8 Å². The largest absolute Gasteiger partial charge is 0.481 e. The number of hydrogen-bond donors (Lipinski definition) is 2. The van der Waals surface area contributed by atoms with Gasteiger partial charge in [0.05, 0.1) is 0 Å². The van der Waals surface area contributed by atoms with Crippen molar-refractivity contribution in [3.05, 3.63) is 0 Å². The van der Waals surface area contributed by atoms with Crippen molar-refractivity contribution in [1.29, 1.82) is 0 Å². The molecule has 2 aliphatic rings. The van der Waals surface area contributed by atoms with E-state index in [0.29, 0.717) is 0 Å². The van der Waals surface area contributed by atoms with E-state index in [4.69, 9.17) is 19.8 Å². The third-order valence-electron chi connectivity index (χ3n) is 3.30. The second-order valence-corrected chi connectivity index (χ2v) is 8.57. The van der Waals surface area contributed by atoms with Crippen LogP contribution in [0, 0.1) is 0 Å². The fraction of sp³-hybridized carbons (Fsp3) is 0.875. The van der Waals surface area contributed by atoms with Gasteiger partial charge in [-0.25, -0.2) is 0 Å². The molecule has 2 fully saturated rings. The fourth-order valence-corrected chi connectivity index (χ4v) is 5.82. The Balaban J connectivity index is 0. The zero-order valence-electron chi connectivity index (χ0n) is 14.0. The van der Waals surface area contributed by atoms with Gasteiger partial charge < -0.3 is 10.2 Å². The first-order valence-electron chi connectivity index (χ1n) is 7.85. The molecule has 2 saturated carbocycles. The van der Waals surface area contributed by atoms with Crippen LogP contribution >= 0.6 is 9.90 Å². The van der Waals surface area contributed by atoms with Crippen molar-refractivity contribution < 1.29 is 37.8 Å². The maximum absolute atomic E-state index is 9.00.